The fourth-order valence-electron chi connectivity index (χ4n) is 2.76. The third-order valence-corrected chi connectivity index (χ3v) is 3.97. The van der Waals surface area contributed by atoms with Crippen molar-refractivity contribution in [2.24, 2.45) is 5.73 Å². The Hall–Kier alpha value is -1.88. The summed E-state index contributed by atoms with van der Waals surface area (Å²) in [4.78, 5) is 24.9. The minimum Gasteiger partial charge on any atom is -0.478 e. The minimum absolute atomic E-state index is 0.126. The maximum atomic E-state index is 12.3. The molecule has 1 aliphatic carbocycles. The van der Waals surface area contributed by atoms with Gasteiger partial charge in [0.15, 0.2) is 0 Å². The predicted molar refractivity (Wildman–Crippen MR) is 76.8 cm³/mol. The molecule has 5 heteroatoms. The molecule has 1 aliphatic rings. The van der Waals surface area contributed by atoms with Crippen molar-refractivity contribution in [3.8, 4) is 0 Å². The third-order valence-electron chi connectivity index (χ3n) is 3.97. The molecule has 0 bridgehead atoms. The molecule has 3 N–H and O–H groups in total. The highest BCUT2D eigenvalue weighted by Gasteiger charge is 2.33. The van der Waals surface area contributed by atoms with Crippen LogP contribution in [-0.2, 0) is 4.79 Å². The summed E-state index contributed by atoms with van der Waals surface area (Å²) in [6.45, 7) is 0. The Morgan fingerprint density at radius 3 is 2.50 bits per heavy atom. The molecule has 1 aromatic rings. The molecule has 20 heavy (non-hydrogen) atoms. The first-order chi connectivity index (χ1) is 9.43. The van der Waals surface area contributed by atoms with Crippen molar-refractivity contribution in [2.75, 3.05) is 11.9 Å². The van der Waals surface area contributed by atoms with Gasteiger partial charge in [-0.05, 0) is 25.0 Å². The number of rotatable bonds is 4. The first kappa shape index (κ1) is 14.5. The second-order valence-electron chi connectivity index (χ2n) is 5.52. The van der Waals surface area contributed by atoms with E-state index in [-0.39, 0.29) is 17.9 Å². The molecular weight excluding hydrogens is 256 g/mol. The highest BCUT2D eigenvalue weighted by molar-refractivity contribution is 6.01. The number of para-hydroxylation sites is 1. The van der Waals surface area contributed by atoms with Gasteiger partial charge in [0.25, 0.3) is 0 Å². The van der Waals surface area contributed by atoms with Crippen LogP contribution in [0.1, 0.15) is 42.5 Å². The van der Waals surface area contributed by atoms with E-state index < -0.39 is 11.5 Å². The van der Waals surface area contributed by atoms with Crippen LogP contribution < -0.4 is 10.6 Å². The standard InChI is InChI=1S/C15H20N2O3/c1-17(12-7-3-2-6-11(12)14(19)20)13(18)10-15(16)8-4-5-9-15/h2-3,6-7H,4-5,8-10,16H2,1H3,(H,19,20). The average Bonchev–Trinajstić information content (AvgIpc) is 2.84. The van der Waals surface area contributed by atoms with E-state index in [1.54, 1.807) is 25.2 Å². The molecule has 5 nitrogen and oxygen atoms in total. The molecule has 2 rings (SSSR count). The van der Waals surface area contributed by atoms with Crippen LogP contribution in [0.15, 0.2) is 24.3 Å². The number of hydrogen-bond acceptors (Lipinski definition) is 3. The van der Waals surface area contributed by atoms with Gasteiger partial charge in [-0.1, -0.05) is 25.0 Å². The monoisotopic (exact) mass is 276 g/mol. The topological polar surface area (TPSA) is 83.6 Å². The second-order valence-corrected chi connectivity index (χ2v) is 5.52. The van der Waals surface area contributed by atoms with Crippen LogP contribution >= 0.6 is 0 Å². The molecule has 0 spiro atoms. The molecular formula is C15H20N2O3. The zero-order valence-corrected chi connectivity index (χ0v) is 11.6. The molecule has 0 aromatic heterocycles. The predicted octanol–water partition coefficient (Wildman–Crippen LogP) is 2.01. The Morgan fingerprint density at radius 2 is 1.90 bits per heavy atom. The molecule has 1 amide bonds. The van der Waals surface area contributed by atoms with Crippen LogP contribution in [0.2, 0.25) is 0 Å². The average molecular weight is 276 g/mol. The molecule has 0 saturated heterocycles. The fraction of sp³-hybridized carbons (Fsp3) is 0.467. The number of carboxylic acids is 1. The molecule has 1 aromatic carbocycles. The number of nitrogens with two attached hydrogens (primary N) is 1. The van der Waals surface area contributed by atoms with E-state index in [9.17, 15) is 9.59 Å². The largest absolute Gasteiger partial charge is 0.478 e. The van der Waals surface area contributed by atoms with E-state index in [2.05, 4.69) is 0 Å². The molecule has 108 valence electrons. The lowest BCUT2D eigenvalue weighted by Crippen LogP contribution is -2.43. The van der Waals surface area contributed by atoms with Crippen molar-refractivity contribution in [1.82, 2.24) is 0 Å². The van der Waals surface area contributed by atoms with Crippen LogP contribution in [0.3, 0.4) is 0 Å². The minimum atomic E-state index is -1.04. The van der Waals surface area contributed by atoms with Gasteiger partial charge in [0.1, 0.15) is 0 Å². The number of anilines is 1. The maximum absolute atomic E-state index is 12.3. The van der Waals surface area contributed by atoms with E-state index in [1.807, 2.05) is 0 Å². The van der Waals surface area contributed by atoms with Gasteiger partial charge in [0.2, 0.25) is 5.91 Å². The molecule has 0 heterocycles. The SMILES string of the molecule is CN(C(=O)CC1(N)CCCC1)c1ccccc1C(=O)O. The number of nitrogens with zero attached hydrogens (tertiary/aromatic N) is 1. The highest BCUT2D eigenvalue weighted by Crippen LogP contribution is 2.31. The maximum Gasteiger partial charge on any atom is 0.337 e. The highest BCUT2D eigenvalue weighted by atomic mass is 16.4. The zero-order chi connectivity index (χ0) is 14.8. The van der Waals surface area contributed by atoms with Gasteiger partial charge >= 0.3 is 5.97 Å². The van der Waals surface area contributed by atoms with Crippen LogP contribution in [0, 0.1) is 0 Å². The molecule has 0 unspecified atom stereocenters. The second kappa shape index (κ2) is 5.63. The Morgan fingerprint density at radius 1 is 1.30 bits per heavy atom. The summed E-state index contributed by atoms with van der Waals surface area (Å²) in [6.07, 6.45) is 4.08. The van der Waals surface area contributed by atoms with Crippen molar-refractivity contribution < 1.29 is 14.7 Å². The Balaban J connectivity index is 2.16. The Labute approximate surface area is 118 Å². The first-order valence-corrected chi connectivity index (χ1v) is 6.81. The number of carbonyl (C=O) groups excluding carboxylic acids is 1. The van der Waals surface area contributed by atoms with Gasteiger partial charge in [-0.3, -0.25) is 4.79 Å². The summed E-state index contributed by atoms with van der Waals surface area (Å²) in [7, 11) is 1.60. The van der Waals surface area contributed by atoms with E-state index in [4.69, 9.17) is 10.8 Å². The number of benzene rings is 1. The van der Waals surface area contributed by atoms with Gasteiger partial charge < -0.3 is 15.7 Å². The van der Waals surface area contributed by atoms with E-state index in [1.165, 1.54) is 11.0 Å². The number of amides is 1. The molecule has 0 radical (unpaired) electrons. The first-order valence-electron chi connectivity index (χ1n) is 6.81. The molecule has 0 atom stereocenters. The summed E-state index contributed by atoms with van der Waals surface area (Å²) in [5.41, 5.74) is 6.32. The lowest BCUT2D eigenvalue weighted by atomic mass is 9.94. The van der Waals surface area contributed by atoms with E-state index in [0.29, 0.717) is 5.69 Å². The lowest BCUT2D eigenvalue weighted by Gasteiger charge is -2.27. The summed E-state index contributed by atoms with van der Waals surface area (Å²) in [5.74, 6) is -1.17. The summed E-state index contributed by atoms with van der Waals surface area (Å²) in [6, 6.07) is 6.50. The quantitative estimate of drug-likeness (QED) is 0.881. The number of carbonyl (C=O) groups is 2. The number of aromatic carboxylic acids is 1. The van der Waals surface area contributed by atoms with Crippen LogP contribution in [-0.4, -0.2) is 29.6 Å². The van der Waals surface area contributed by atoms with E-state index in [0.717, 1.165) is 25.7 Å². The van der Waals surface area contributed by atoms with Crippen molar-refractivity contribution in [2.45, 2.75) is 37.6 Å². The summed E-state index contributed by atoms with van der Waals surface area (Å²) >= 11 is 0. The Kier molecular flexibility index (Phi) is 4.09. The number of hydrogen-bond donors (Lipinski definition) is 2. The van der Waals surface area contributed by atoms with Crippen molar-refractivity contribution >= 4 is 17.6 Å². The van der Waals surface area contributed by atoms with Gasteiger partial charge in [-0.15, -0.1) is 0 Å². The van der Waals surface area contributed by atoms with Gasteiger partial charge in [0.05, 0.1) is 11.3 Å². The summed E-state index contributed by atoms with van der Waals surface area (Å²) in [5, 5.41) is 9.17. The van der Waals surface area contributed by atoms with Gasteiger partial charge in [-0.25, -0.2) is 4.79 Å². The molecule has 1 fully saturated rings. The van der Waals surface area contributed by atoms with Crippen molar-refractivity contribution in [1.29, 1.82) is 0 Å². The smallest absolute Gasteiger partial charge is 0.337 e. The van der Waals surface area contributed by atoms with Gasteiger partial charge in [-0.2, -0.15) is 0 Å². The number of carboxylic acid groups (broad SMARTS) is 1. The van der Waals surface area contributed by atoms with Crippen LogP contribution in [0.4, 0.5) is 5.69 Å². The van der Waals surface area contributed by atoms with Crippen molar-refractivity contribution in [3.63, 3.8) is 0 Å². The Bertz CT molecular complexity index is 522. The molecule has 0 aliphatic heterocycles. The zero-order valence-electron chi connectivity index (χ0n) is 11.6. The van der Waals surface area contributed by atoms with Gasteiger partial charge in [0, 0.05) is 19.0 Å². The summed E-state index contributed by atoms with van der Waals surface area (Å²) < 4.78 is 0. The third kappa shape index (κ3) is 2.99. The van der Waals surface area contributed by atoms with Crippen LogP contribution in [0.25, 0.3) is 0 Å². The van der Waals surface area contributed by atoms with E-state index >= 15 is 0 Å². The van der Waals surface area contributed by atoms with Crippen molar-refractivity contribution in [3.05, 3.63) is 29.8 Å². The van der Waals surface area contributed by atoms with Crippen LogP contribution in [0.5, 0.6) is 0 Å². The fourth-order valence-corrected chi connectivity index (χ4v) is 2.76. The normalized spacial score (nSPS) is 16.9. The molecule has 1 saturated carbocycles. The lowest BCUT2D eigenvalue weighted by molar-refractivity contribution is -0.119.